The largest absolute Gasteiger partial charge is 0.321 e. The Morgan fingerprint density at radius 3 is 2.77 bits per heavy atom. The van der Waals surface area contributed by atoms with Crippen LogP contribution in [0.3, 0.4) is 0 Å². The number of amides is 1. The second kappa shape index (κ2) is 7.71. The molecule has 150 valence electrons. The van der Waals surface area contributed by atoms with Crippen molar-refractivity contribution in [3.05, 3.63) is 76.5 Å². The summed E-state index contributed by atoms with van der Waals surface area (Å²) < 4.78 is 1.81. The van der Waals surface area contributed by atoms with Crippen molar-refractivity contribution in [2.75, 3.05) is 5.32 Å². The predicted molar refractivity (Wildman–Crippen MR) is 118 cm³/mol. The molecule has 30 heavy (non-hydrogen) atoms. The maximum absolute atomic E-state index is 12.9. The second-order valence-corrected chi connectivity index (χ2v) is 7.75. The summed E-state index contributed by atoms with van der Waals surface area (Å²) >= 11 is 0. The third kappa shape index (κ3) is 3.45. The maximum Gasteiger partial charge on any atom is 0.261 e. The quantitative estimate of drug-likeness (QED) is 0.546. The predicted octanol–water partition coefficient (Wildman–Crippen LogP) is 4.31. The molecule has 0 unspecified atom stereocenters. The van der Waals surface area contributed by atoms with Crippen LogP contribution in [0.25, 0.3) is 21.8 Å². The summed E-state index contributed by atoms with van der Waals surface area (Å²) in [5.41, 5.74) is 2.55. The lowest BCUT2D eigenvalue weighted by atomic mass is 10.1. The molecule has 2 aromatic carbocycles. The van der Waals surface area contributed by atoms with Crippen molar-refractivity contribution in [3.63, 3.8) is 0 Å². The van der Waals surface area contributed by atoms with Gasteiger partial charge in [-0.2, -0.15) is 0 Å². The molecule has 6 nitrogen and oxygen atoms in total. The summed E-state index contributed by atoms with van der Waals surface area (Å²) in [4.78, 5) is 34.9. The van der Waals surface area contributed by atoms with Crippen molar-refractivity contribution >= 4 is 33.4 Å². The summed E-state index contributed by atoms with van der Waals surface area (Å²) in [6.45, 7) is 0.717. The molecule has 0 radical (unpaired) electrons. The molecule has 0 saturated carbocycles. The van der Waals surface area contributed by atoms with E-state index in [0.717, 1.165) is 48.8 Å². The minimum Gasteiger partial charge on any atom is -0.321 e. The van der Waals surface area contributed by atoms with Crippen LogP contribution in [0, 0.1) is 0 Å². The standard InChI is InChI=1S/C24H22N4O2/c29-23(26-18-13-16-7-4-5-8-20(16)25-15-18)17-10-11-19-21(14-17)27-22-9-3-1-2-6-12-28(22)24(19)30/h4-5,7-8,10-11,13-15H,1-3,6,9,12H2,(H,26,29). The Labute approximate surface area is 173 Å². The number of carbonyl (C=O) groups is 1. The Kier molecular flexibility index (Phi) is 4.75. The molecular formula is C24H22N4O2. The van der Waals surface area contributed by atoms with Gasteiger partial charge in [-0.05, 0) is 43.2 Å². The first-order valence-electron chi connectivity index (χ1n) is 10.4. The number of benzene rings is 2. The van der Waals surface area contributed by atoms with E-state index in [1.54, 1.807) is 24.4 Å². The van der Waals surface area contributed by atoms with E-state index >= 15 is 0 Å². The number of aromatic nitrogens is 3. The first-order valence-corrected chi connectivity index (χ1v) is 10.4. The SMILES string of the molecule is O=C(Nc1cnc2ccccc2c1)c1ccc2c(=O)n3c(nc2c1)CCCCCC3. The van der Waals surface area contributed by atoms with Crippen LogP contribution in [0.1, 0.15) is 41.9 Å². The fraction of sp³-hybridized carbons (Fsp3) is 0.250. The molecule has 0 spiro atoms. The number of rotatable bonds is 2. The minimum atomic E-state index is -0.248. The average Bonchev–Trinajstić information content (AvgIpc) is 2.74. The molecule has 0 saturated heterocycles. The summed E-state index contributed by atoms with van der Waals surface area (Å²) in [6, 6.07) is 14.8. The van der Waals surface area contributed by atoms with E-state index < -0.39 is 0 Å². The monoisotopic (exact) mass is 398 g/mol. The van der Waals surface area contributed by atoms with Crippen LogP contribution in [-0.4, -0.2) is 20.4 Å². The molecule has 1 aliphatic rings. The van der Waals surface area contributed by atoms with Gasteiger partial charge in [-0.3, -0.25) is 19.1 Å². The number of anilines is 1. The molecular weight excluding hydrogens is 376 g/mol. The van der Waals surface area contributed by atoms with Crippen molar-refractivity contribution in [1.82, 2.24) is 14.5 Å². The Hall–Kier alpha value is -3.54. The molecule has 4 aromatic rings. The lowest BCUT2D eigenvalue weighted by Crippen LogP contribution is -2.26. The Balaban J connectivity index is 1.48. The number of aryl methyl sites for hydroxylation is 1. The molecule has 2 aromatic heterocycles. The van der Waals surface area contributed by atoms with Gasteiger partial charge in [0.1, 0.15) is 5.82 Å². The van der Waals surface area contributed by atoms with Gasteiger partial charge in [-0.1, -0.05) is 31.0 Å². The zero-order valence-corrected chi connectivity index (χ0v) is 16.6. The first-order chi connectivity index (χ1) is 14.7. The lowest BCUT2D eigenvalue weighted by Gasteiger charge is -2.16. The Morgan fingerprint density at radius 1 is 0.967 bits per heavy atom. The molecule has 0 aliphatic carbocycles. The molecule has 1 N–H and O–H groups in total. The first kappa shape index (κ1) is 18.5. The van der Waals surface area contributed by atoms with Gasteiger partial charge >= 0.3 is 0 Å². The highest BCUT2D eigenvalue weighted by atomic mass is 16.1. The van der Waals surface area contributed by atoms with E-state index in [1.807, 2.05) is 34.9 Å². The molecule has 0 atom stereocenters. The molecule has 0 fully saturated rings. The van der Waals surface area contributed by atoms with E-state index in [1.165, 1.54) is 0 Å². The van der Waals surface area contributed by atoms with Gasteiger partial charge in [0.05, 0.1) is 28.3 Å². The Bertz CT molecular complexity index is 1330. The van der Waals surface area contributed by atoms with E-state index in [-0.39, 0.29) is 11.5 Å². The molecule has 0 bridgehead atoms. The summed E-state index contributed by atoms with van der Waals surface area (Å²) in [5.74, 6) is 0.575. The second-order valence-electron chi connectivity index (χ2n) is 7.75. The van der Waals surface area contributed by atoms with Gasteiger partial charge in [0.25, 0.3) is 11.5 Å². The Morgan fingerprint density at radius 2 is 1.83 bits per heavy atom. The highest BCUT2D eigenvalue weighted by Crippen LogP contribution is 2.19. The number of para-hydroxylation sites is 1. The number of hydrogen-bond donors (Lipinski definition) is 1. The third-order valence-electron chi connectivity index (χ3n) is 5.68. The molecule has 5 rings (SSSR count). The zero-order chi connectivity index (χ0) is 20.5. The molecule has 3 heterocycles. The van der Waals surface area contributed by atoms with Crippen LogP contribution >= 0.6 is 0 Å². The molecule has 1 amide bonds. The van der Waals surface area contributed by atoms with Crippen molar-refractivity contribution < 1.29 is 4.79 Å². The van der Waals surface area contributed by atoms with Crippen LogP contribution in [0.15, 0.2) is 59.5 Å². The van der Waals surface area contributed by atoms with Gasteiger partial charge in [0, 0.05) is 23.9 Å². The van der Waals surface area contributed by atoms with Crippen LogP contribution in [0.4, 0.5) is 5.69 Å². The van der Waals surface area contributed by atoms with E-state index in [2.05, 4.69) is 10.3 Å². The lowest BCUT2D eigenvalue weighted by molar-refractivity contribution is 0.102. The van der Waals surface area contributed by atoms with Crippen LogP contribution in [-0.2, 0) is 13.0 Å². The van der Waals surface area contributed by atoms with Crippen molar-refractivity contribution in [2.24, 2.45) is 0 Å². The average molecular weight is 398 g/mol. The minimum absolute atomic E-state index is 0.0115. The number of fused-ring (bicyclic) bond motifs is 3. The maximum atomic E-state index is 12.9. The fourth-order valence-corrected chi connectivity index (χ4v) is 4.08. The number of nitrogens with one attached hydrogen (secondary N) is 1. The van der Waals surface area contributed by atoms with Crippen molar-refractivity contribution in [2.45, 2.75) is 38.6 Å². The molecule has 1 aliphatic heterocycles. The van der Waals surface area contributed by atoms with Crippen molar-refractivity contribution in [1.29, 1.82) is 0 Å². The highest BCUT2D eigenvalue weighted by molar-refractivity contribution is 6.06. The summed E-state index contributed by atoms with van der Waals surface area (Å²) in [7, 11) is 0. The van der Waals surface area contributed by atoms with E-state index in [0.29, 0.717) is 28.7 Å². The van der Waals surface area contributed by atoms with Gasteiger partial charge in [0.15, 0.2) is 0 Å². The van der Waals surface area contributed by atoms with Gasteiger partial charge in [0.2, 0.25) is 0 Å². The highest BCUT2D eigenvalue weighted by Gasteiger charge is 2.15. The van der Waals surface area contributed by atoms with Crippen LogP contribution in [0.5, 0.6) is 0 Å². The normalized spacial score (nSPS) is 14.1. The van der Waals surface area contributed by atoms with Crippen LogP contribution < -0.4 is 10.9 Å². The zero-order valence-electron chi connectivity index (χ0n) is 16.6. The smallest absolute Gasteiger partial charge is 0.261 e. The summed E-state index contributed by atoms with van der Waals surface area (Å²) in [5, 5.41) is 4.42. The van der Waals surface area contributed by atoms with Crippen molar-refractivity contribution in [3.8, 4) is 0 Å². The van der Waals surface area contributed by atoms with Gasteiger partial charge in [-0.15, -0.1) is 0 Å². The number of nitrogens with zero attached hydrogens (tertiary/aromatic N) is 3. The topological polar surface area (TPSA) is 76.9 Å². The molecule has 6 heteroatoms. The fourth-order valence-electron chi connectivity index (χ4n) is 4.08. The van der Waals surface area contributed by atoms with Crippen LogP contribution in [0.2, 0.25) is 0 Å². The van der Waals surface area contributed by atoms with Gasteiger partial charge in [-0.25, -0.2) is 4.98 Å². The summed E-state index contributed by atoms with van der Waals surface area (Å²) in [6.07, 6.45) is 6.79. The number of hydrogen-bond acceptors (Lipinski definition) is 4. The number of pyridine rings is 1. The van der Waals surface area contributed by atoms with Gasteiger partial charge < -0.3 is 5.32 Å². The number of carbonyl (C=O) groups excluding carboxylic acids is 1. The van der Waals surface area contributed by atoms with E-state index in [4.69, 9.17) is 4.98 Å². The third-order valence-corrected chi connectivity index (χ3v) is 5.68. The van der Waals surface area contributed by atoms with E-state index in [9.17, 15) is 9.59 Å².